The summed E-state index contributed by atoms with van der Waals surface area (Å²) in [7, 11) is -3.69. The summed E-state index contributed by atoms with van der Waals surface area (Å²) in [6, 6.07) is 3.46. The van der Waals surface area contributed by atoms with E-state index in [0.717, 1.165) is 6.07 Å². The van der Waals surface area contributed by atoms with E-state index in [9.17, 15) is 12.8 Å². The molecular weight excluding hydrogens is 287 g/mol. The molecule has 0 saturated carbocycles. The Labute approximate surface area is 95.8 Å². The molecule has 0 fully saturated rings. The molecule has 1 rings (SSSR count). The molecule has 0 bridgehead atoms. The number of hydrogen-bond acceptors (Lipinski definition) is 3. The average Bonchev–Trinajstić information content (AvgIpc) is 2.18. The third-order valence-corrected chi connectivity index (χ3v) is 4.07. The zero-order valence-corrected chi connectivity index (χ0v) is 10.1. The molecule has 0 aliphatic rings. The van der Waals surface area contributed by atoms with Crippen molar-refractivity contribution in [1.82, 2.24) is 4.72 Å². The van der Waals surface area contributed by atoms with Gasteiger partial charge in [0, 0.05) is 17.6 Å². The minimum atomic E-state index is -3.69. The van der Waals surface area contributed by atoms with Gasteiger partial charge >= 0.3 is 0 Å². The van der Waals surface area contributed by atoms with Crippen LogP contribution in [-0.4, -0.2) is 21.5 Å². The van der Waals surface area contributed by atoms with Crippen LogP contribution < -0.4 is 10.5 Å². The fraction of sp³-hybridized carbons (Fsp3) is 0.250. The van der Waals surface area contributed by atoms with E-state index in [4.69, 9.17) is 5.73 Å². The van der Waals surface area contributed by atoms with Gasteiger partial charge in [-0.25, -0.2) is 17.5 Å². The standard InChI is InChI=1S/C8H10BrFN2O2S/c9-7-2-1-6(10)5-8(7)15(13,14)12-4-3-11/h1-2,5,12H,3-4,11H2. The number of rotatable bonds is 4. The van der Waals surface area contributed by atoms with Gasteiger partial charge in [0.25, 0.3) is 0 Å². The van der Waals surface area contributed by atoms with Crippen LogP contribution in [0.1, 0.15) is 0 Å². The summed E-state index contributed by atoms with van der Waals surface area (Å²) in [6.45, 7) is 0.303. The Hall–Kier alpha value is -0.500. The summed E-state index contributed by atoms with van der Waals surface area (Å²) in [5.41, 5.74) is 5.17. The first-order valence-corrected chi connectivity index (χ1v) is 6.40. The number of nitrogens with two attached hydrogens (primary N) is 1. The smallest absolute Gasteiger partial charge is 0.241 e. The molecule has 0 heterocycles. The molecule has 1 aromatic carbocycles. The van der Waals surface area contributed by atoms with E-state index in [2.05, 4.69) is 20.7 Å². The van der Waals surface area contributed by atoms with Gasteiger partial charge in [-0.1, -0.05) is 0 Å². The molecule has 84 valence electrons. The highest BCUT2D eigenvalue weighted by Gasteiger charge is 2.17. The molecule has 0 amide bonds. The van der Waals surface area contributed by atoms with Gasteiger partial charge < -0.3 is 5.73 Å². The molecule has 0 spiro atoms. The van der Waals surface area contributed by atoms with Crippen molar-refractivity contribution in [3.63, 3.8) is 0 Å². The van der Waals surface area contributed by atoms with E-state index < -0.39 is 15.8 Å². The van der Waals surface area contributed by atoms with Crippen LogP contribution in [0.3, 0.4) is 0 Å². The minimum absolute atomic E-state index is 0.116. The van der Waals surface area contributed by atoms with E-state index in [1.54, 1.807) is 0 Å². The lowest BCUT2D eigenvalue weighted by Crippen LogP contribution is -2.29. The van der Waals surface area contributed by atoms with Crippen LogP contribution in [0.25, 0.3) is 0 Å². The summed E-state index contributed by atoms with van der Waals surface area (Å²) < 4.78 is 38.6. The van der Waals surface area contributed by atoms with Gasteiger partial charge in [0.2, 0.25) is 10.0 Å². The van der Waals surface area contributed by atoms with Crippen LogP contribution in [0.15, 0.2) is 27.6 Å². The lowest BCUT2D eigenvalue weighted by molar-refractivity contribution is 0.577. The van der Waals surface area contributed by atoms with E-state index in [0.29, 0.717) is 4.47 Å². The van der Waals surface area contributed by atoms with Crippen molar-refractivity contribution in [1.29, 1.82) is 0 Å². The highest BCUT2D eigenvalue weighted by Crippen LogP contribution is 2.22. The van der Waals surface area contributed by atoms with E-state index in [-0.39, 0.29) is 18.0 Å². The zero-order valence-electron chi connectivity index (χ0n) is 7.70. The summed E-state index contributed by atoms with van der Waals surface area (Å²) in [6.07, 6.45) is 0. The van der Waals surface area contributed by atoms with Gasteiger partial charge in [-0.15, -0.1) is 0 Å². The quantitative estimate of drug-likeness (QED) is 0.864. The highest BCUT2D eigenvalue weighted by molar-refractivity contribution is 9.10. The Bertz CT molecular complexity index is 450. The van der Waals surface area contributed by atoms with Gasteiger partial charge in [-0.2, -0.15) is 0 Å². The molecule has 0 aliphatic carbocycles. The van der Waals surface area contributed by atoms with Crippen LogP contribution in [0.2, 0.25) is 0 Å². The lowest BCUT2D eigenvalue weighted by atomic mass is 10.3. The third kappa shape index (κ3) is 3.23. The second-order valence-corrected chi connectivity index (χ2v) is 5.35. The van der Waals surface area contributed by atoms with E-state index in [1.165, 1.54) is 12.1 Å². The molecule has 1 aromatic rings. The van der Waals surface area contributed by atoms with Crippen LogP contribution in [0.5, 0.6) is 0 Å². The Balaban J connectivity index is 3.09. The average molecular weight is 297 g/mol. The summed E-state index contributed by atoms with van der Waals surface area (Å²) in [5.74, 6) is -0.605. The van der Waals surface area contributed by atoms with Gasteiger partial charge in [0.05, 0.1) is 4.90 Å². The molecule has 4 nitrogen and oxygen atoms in total. The maximum Gasteiger partial charge on any atom is 0.241 e. The van der Waals surface area contributed by atoms with Crippen molar-refractivity contribution in [3.05, 3.63) is 28.5 Å². The largest absolute Gasteiger partial charge is 0.329 e. The maximum atomic E-state index is 12.9. The van der Waals surface area contributed by atoms with E-state index in [1.807, 2.05) is 0 Å². The normalized spacial score (nSPS) is 11.7. The van der Waals surface area contributed by atoms with Crippen molar-refractivity contribution in [2.75, 3.05) is 13.1 Å². The molecule has 0 radical (unpaired) electrons. The van der Waals surface area contributed by atoms with Crippen LogP contribution >= 0.6 is 15.9 Å². The first-order chi connectivity index (χ1) is 6.97. The molecule has 0 unspecified atom stereocenters. The molecule has 0 aliphatic heterocycles. The lowest BCUT2D eigenvalue weighted by Gasteiger charge is -2.07. The van der Waals surface area contributed by atoms with Crippen LogP contribution in [-0.2, 0) is 10.0 Å². The Morgan fingerprint density at radius 1 is 1.47 bits per heavy atom. The molecule has 0 aromatic heterocycles. The number of benzene rings is 1. The second-order valence-electron chi connectivity index (χ2n) is 2.76. The molecular formula is C8H10BrFN2O2S. The Morgan fingerprint density at radius 3 is 2.73 bits per heavy atom. The minimum Gasteiger partial charge on any atom is -0.329 e. The summed E-state index contributed by atoms with van der Waals surface area (Å²) in [5, 5.41) is 0. The third-order valence-electron chi connectivity index (χ3n) is 1.62. The van der Waals surface area contributed by atoms with Crippen molar-refractivity contribution >= 4 is 26.0 Å². The predicted molar refractivity (Wildman–Crippen MR) is 58.3 cm³/mol. The first kappa shape index (κ1) is 12.6. The van der Waals surface area contributed by atoms with E-state index >= 15 is 0 Å². The number of hydrogen-bond donors (Lipinski definition) is 2. The predicted octanol–water partition coefficient (Wildman–Crippen LogP) is 0.825. The summed E-state index contributed by atoms with van der Waals surface area (Å²) >= 11 is 3.04. The van der Waals surface area contributed by atoms with Gasteiger partial charge in [0.15, 0.2) is 0 Å². The Kier molecular flexibility index (Phi) is 4.21. The summed E-state index contributed by atoms with van der Waals surface area (Å²) in [4.78, 5) is -0.129. The Morgan fingerprint density at radius 2 is 2.13 bits per heavy atom. The number of nitrogens with one attached hydrogen (secondary N) is 1. The first-order valence-electron chi connectivity index (χ1n) is 4.12. The van der Waals surface area contributed by atoms with Gasteiger partial charge in [0.1, 0.15) is 5.82 Å². The molecule has 3 N–H and O–H groups in total. The topological polar surface area (TPSA) is 72.2 Å². The fourth-order valence-electron chi connectivity index (χ4n) is 0.954. The molecule has 0 saturated heterocycles. The number of halogens is 2. The van der Waals surface area contributed by atoms with Crippen molar-refractivity contribution in [2.45, 2.75) is 4.90 Å². The van der Waals surface area contributed by atoms with Crippen LogP contribution in [0, 0.1) is 5.82 Å². The molecule has 15 heavy (non-hydrogen) atoms. The second kappa shape index (κ2) is 5.02. The molecule has 0 atom stereocenters. The zero-order chi connectivity index (χ0) is 11.5. The monoisotopic (exact) mass is 296 g/mol. The maximum absolute atomic E-state index is 12.9. The molecule has 7 heteroatoms. The van der Waals surface area contributed by atoms with Crippen molar-refractivity contribution in [3.8, 4) is 0 Å². The van der Waals surface area contributed by atoms with Gasteiger partial charge in [-0.3, -0.25) is 0 Å². The fourth-order valence-corrected chi connectivity index (χ4v) is 2.97. The van der Waals surface area contributed by atoms with Crippen molar-refractivity contribution in [2.24, 2.45) is 5.73 Å². The van der Waals surface area contributed by atoms with Gasteiger partial charge in [-0.05, 0) is 34.1 Å². The van der Waals surface area contributed by atoms with Crippen LogP contribution in [0.4, 0.5) is 4.39 Å². The van der Waals surface area contributed by atoms with Crippen molar-refractivity contribution < 1.29 is 12.8 Å². The SMILES string of the molecule is NCCNS(=O)(=O)c1cc(F)ccc1Br. The number of sulfonamides is 1. The highest BCUT2D eigenvalue weighted by atomic mass is 79.9.